The summed E-state index contributed by atoms with van der Waals surface area (Å²) in [5.41, 5.74) is 0.746. The van der Waals surface area contributed by atoms with E-state index in [1.807, 2.05) is 13.0 Å². The summed E-state index contributed by atoms with van der Waals surface area (Å²) < 4.78 is 5.78. The van der Waals surface area contributed by atoms with Crippen molar-refractivity contribution in [2.75, 3.05) is 0 Å². The Kier molecular flexibility index (Phi) is 5.10. The molecule has 0 saturated heterocycles. The Bertz CT molecular complexity index is 337. The summed E-state index contributed by atoms with van der Waals surface area (Å²) in [5.74, 6) is 0.723. The second-order valence-corrected chi connectivity index (χ2v) is 4.51. The van der Waals surface area contributed by atoms with Crippen LogP contribution < -0.4 is 4.74 Å². The van der Waals surface area contributed by atoms with Crippen LogP contribution in [0.15, 0.2) is 18.2 Å². The van der Waals surface area contributed by atoms with E-state index in [2.05, 4.69) is 6.92 Å². The maximum absolute atomic E-state index is 9.63. The fourth-order valence-electron chi connectivity index (χ4n) is 1.64. The largest absolute Gasteiger partial charge is 0.490 e. The Morgan fingerprint density at radius 2 is 2.06 bits per heavy atom. The Balaban J connectivity index is 2.86. The molecule has 0 saturated carbocycles. The van der Waals surface area contributed by atoms with E-state index in [1.165, 1.54) is 0 Å². The molecule has 0 fully saturated rings. The number of rotatable bonds is 5. The van der Waals surface area contributed by atoms with Gasteiger partial charge < -0.3 is 9.84 Å². The monoisotopic (exact) mass is 242 g/mol. The molecule has 0 aliphatic carbocycles. The molecule has 0 heterocycles. The summed E-state index contributed by atoms with van der Waals surface area (Å²) in [6, 6.07) is 5.35. The highest BCUT2D eigenvalue weighted by Crippen LogP contribution is 2.29. The lowest BCUT2D eigenvalue weighted by Gasteiger charge is -2.18. The summed E-state index contributed by atoms with van der Waals surface area (Å²) in [7, 11) is 0. The molecule has 0 aromatic heterocycles. The van der Waals surface area contributed by atoms with Crippen molar-refractivity contribution < 1.29 is 9.84 Å². The average Bonchev–Trinajstić information content (AvgIpc) is 2.20. The van der Waals surface area contributed by atoms with Crippen molar-refractivity contribution in [3.05, 3.63) is 28.8 Å². The third kappa shape index (κ3) is 3.69. The molecule has 0 bridgehead atoms. The van der Waals surface area contributed by atoms with Crippen molar-refractivity contribution in [2.45, 2.75) is 45.8 Å². The van der Waals surface area contributed by atoms with Gasteiger partial charge in [-0.1, -0.05) is 24.9 Å². The van der Waals surface area contributed by atoms with Crippen LogP contribution in [0.25, 0.3) is 0 Å². The Morgan fingerprint density at radius 3 is 2.62 bits per heavy atom. The number of hydrogen-bond donors (Lipinski definition) is 1. The second-order valence-electron chi connectivity index (χ2n) is 4.08. The van der Waals surface area contributed by atoms with Gasteiger partial charge in [0.05, 0.1) is 12.2 Å². The topological polar surface area (TPSA) is 29.5 Å². The van der Waals surface area contributed by atoms with E-state index in [-0.39, 0.29) is 6.10 Å². The SMILES string of the molecule is CCCC(C)Oc1ccc(Cl)cc1[C@@H](C)O. The minimum Gasteiger partial charge on any atom is -0.490 e. The number of ether oxygens (including phenoxy) is 1. The van der Waals surface area contributed by atoms with Crippen molar-refractivity contribution in [2.24, 2.45) is 0 Å². The summed E-state index contributed by atoms with van der Waals surface area (Å²) in [6.45, 7) is 5.87. The van der Waals surface area contributed by atoms with Crippen LogP contribution in [0.4, 0.5) is 0 Å². The van der Waals surface area contributed by atoms with Crippen LogP contribution in [-0.2, 0) is 0 Å². The number of aliphatic hydroxyl groups is 1. The van der Waals surface area contributed by atoms with Crippen molar-refractivity contribution in [3.63, 3.8) is 0 Å². The minimum absolute atomic E-state index is 0.156. The van der Waals surface area contributed by atoms with Crippen molar-refractivity contribution >= 4 is 11.6 Å². The molecule has 1 rings (SSSR count). The molecule has 16 heavy (non-hydrogen) atoms. The van der Waals surface area contributed by atoms with Crippen LogP contribution in [0.5, 0.6) is 5.75 Å². The Hall–Kier alpha value is -0.730. The van der Waals surface area contributed by atoms with Gasteiger partial charge in [0, 0.05) is 10.6 Å². The third-order valence-corrected chi connectivity index (χ3v) is 2.68. The first-order valence-corrected chi connectivity index (χ1v) is 6.06. The van der Waals surface area contributed by atoms with E-state index >= 15 is 0 Å². The second kappa shape index (κ2) is 6.12. The van der Waals surface area contributed by atoms with Gasteiger partial charge in [0.1, 0.15) is 5.75 Å². The molecule has 0 spiro atoms. The first-order chi connectivity index (χ1) is 7.54. The molecule has 2 atom stereocenters. The molecule has 2 nitrogen and oxygen atoms in total. The van der Waals surface area contributed by atoms with E-state index in [4.69, 9.17) is 16.3 Å². The molecule has 3 heteroatoms. The maximum Gasteiger partial charge on any atom is 0.125 e. The van der Waals surface area contributed by atoms with Gasteiger partial charge in [0.2, 0.25) is 0 Å². The van der Waals surface area contributed by atoms with E-state index < -0.39 is 6.10 Å². The summed E-state index contributed by atoms with van der Waals surface area (Å²) >= 11 is 5.89. The predicted molar refractivity (Wildman–Crippen MR) is 67.1 cm³/mol. The van der Waals surface area contributed by atoms with Gasteiger partial charge in [0.25, 0.3) is 0 Å². The molecule has 1 N–H and O–H groups in total. The highest BCUT2D eigenvalue weighted by atomic mass is 35.5. The first kappa shape index (κ1) is 13.3. The van der Waals surface area contributed by atoms with Gasteiger partial charge >= 0.3 is 0 Å². The summed E-state index contributed by atoms with van der Waals surface area (Å²) in [6.07, 6.45) is 1.67. The first-order valence-electron chi connectivity index (χ1n) is 5.68. The standard InChI is InChI=1S/C13H19ClO2/c1-4-5-9(2)16-13-7-6-11(14)8-12(13)10(3)15/h6-10,15H,4-5H2,1-3H3/t9?,10-/m1/s1. The molecular weight excluding hydrogens is 224 g/mol. The van der Waals surface area contributed by atoms with Gasteiger partial charge in [-0.3, -0.25) is 0 Å². The smallest absolute Gasteiger partial charge is 0.125 e. The minimum atomic E-state index is -0.567. The normalized spacial score (nSPS) is 14.6. The van der Waals surface area contributed by atoms with Crippen LogP contribution >= 0.6 is 11.6 Å². The zero-order valence-electron chi connectivity index (χ0n) is 10.0. The fourth-order valence-corrected chi connectivity index (χ4v) is 1.82. The highest BCUT2D eigenvalue weighted by molar-refractivity contribution is 6.30. The molecule has 0 aliphatic rings. The molecule has 90 valence electrons. The Labute approximate surface area is 102 Å². The lowest BCUT2D eigenvalue weighted by Crippen LogP contribution is -2.12. The van der Waals surface area contributed by atoms with E-state index in [9.17, 15) is 5.11 Å². The van der Waals surface area contributed by atoms with Gasteiger partial charge in [-0.2, -0.15) is 0 Å². The van der Waals surface area contributed by atoms with Crippen molar-refractivity contribution in [1.82, 2.24) is 0 Å². The zero-order chi connectivity index (χ0) is 12.1. The Morgan fingerprint density at radius 1 is 1.38 bits per heavy atom. The molecular formula is C13H19ClO2. The van der Waals surface area contributed by atoms with Gasteiger partial charge in [0.15, 0.2) is 0 Å². The van der Waals surface area contributed by atoms with Crippen molar-refractivity contribution in [1.29, 1.82) is 0 Å². The molecule has 0 aliphatic heterocycles. The van der Waals surface area contributed by atoms with E-state index in [0.717, 1.165) is 24.2 Å². The van der Waals surface area contributed by atoms with Crippen LogP contribution in [0.3, 0.4) is 0 Å². The number of halogens is 1. The number of hydrogen-bond acceptors (Lipinski definition) is 2. The molecule has 1 unspecified atom stereocenters. The predicted octanol–water partition coefficient (Wildman–Crippen LogP) is 3.96. The lowest BCUT2D eigenvalue weighted by molar-refractivity contribution is 0.174. The van der Waals surface area contributed by atoms with Crippen molar-refractivity contribution in [3.8, 4) is 5.75 Å². The molecule has 0 amide bonds. The summed E-state index contributed by atoms with van der Waals surface area (Å²) in [5, 5.41) is 10.3. The molecule has 1 aromatic rings. The van der Waals surface area contributed by atoms with Crippen LogP contribution in [-0.4, -0.2) is 11.2 Å². The van der Waals surface area contributed by atoms with E-state index in [0.29, 0.717) is 5.02 Å². The zero-order valence-corrected chi connectivity index (χ0v) is 10.8. The highest BCUT2D eigenvalue weighted by Gasteiger charge is 2.12. The quantitative estimate of drug-likeness (QED) is 0.847. The van der Waals surface area contributed by atoms with Crippen LogP contribution in [0, 0.1) is 0 Å². The number of benzene rings is 1. The van der Waals surface area contributed by atoms with E-state index in [1.54, 1.807) is 19.1 Å². The third-order valence-electron chi connectivity index (χ3n) is 2.45. The maximum atomic E-state index is 9.63. The lowest BCUT2D eigenvalue weighted by atomic mass is 10.1. The molecule has 0 radical (unpaired) electrons. The van der Waals surface area contributed by atoms with Gasteiger partial charge in [-0.15, -0.1) is 0 Å². The van der Waals surface area contributed by atoms with Gasteiger partial charge in [-0.25, -0.2) is 0 Å². The van der Waals surface area contributed by atoms with Gasteiger partial charge in [-0.05, 0) is 38.5 Å². The number of aliphatic hydroxyl groups excluding tert-OH is 1. The summed E-state index contributed by atoms with van der Waals surface area (Å²) in [4.78, 5) is 0. The van der Waals surface area contributed by atoms with Crippen LogP contribution in [0.1, 0.15) is 45.3 Å². The molecule has 1 aromatic carbocycles. The van der Waals surface area contributed by atoms with Crippen LogP contribution in [0.2, 0.25) is 5.02 Å². The average molecular weight is 243 g/mol. The fraction of sp³-hybridized carbons (Fsp3) is 0.538.